The molecular formula is C28H28FN9O3. The first-order valence-electron chi connectivity index (χ1n) is 13.1. The Labute approximate surface area is 235 Å². The molecule has 1 aliphatic rings. The van der Waals surface area contributed by atoms with Crippen molar-refractivity contribution in [2.24, 2.45) is 0 Å². The highest BCUT2D eigenvalue weighted by molar-refractivity contribution is 5.70. The van der Waals surface area contributed by atoms with Gasteiger partial charge in [0, 0.05) is 49.8 Å². The topological polar surface area (TPSA) is 135 Å². The van der Waals surface area contributed by atoms with Crippen LogP contribution in [-0.2, 0) is 22.5 Å². The fraction of sp³-hybridized carbons (Fsp3) is 0.321. The van der Waals surface area contributed by atoms with E-state index >= 15 is 4.39 Å². The number of aryl methyl sites for hydroxylation is 1. The maximum atomic E-state index is 15.2. The Morgan fingerprint density at radius 3 is 2.59 bits per heavy atom. The molecular weight excluding hydrogens is 529 g/mol. The van der Waals surface area contributed by atoms with E-state index in [0.29, 0.717) is 48.1 Å². The average Bonchev–Trinajstić information content (AvgIpc) is 3.35. The van der Waals surface area contributed by atoms with Crippen molar-refractivity contribution in [1.29, 1.82) is 5.26 Å². The van der Waals surface area contributed by atoms with Gasteiger partial charge in [0.1, 0.15) is 30.6 Å². The zero-order valence-electron chi connectivity index (χ0n) is 22.9. The van der Waals surface area contributed by atoms with Crippen LogP contribution in [0.5, 0.6) is 0 Å². The number of piperazine rings is 1. The number of aromatic nitrogens is 6. The number of hydrogen-bond donors (Lipinski definition) is 0. The van der Waals surface area contributed by atoms with E-state index < -0.39 is 17.5 Å². The highest BCUT2D eigenvalue weighted by atomic mass is 19.1. The van der Waals surface area contributed by atoms with Crippen LogP contribution in [0.3, 0.4) is 0 Å². The smallest absolute Gasteiger partial charge is 0.351 e. The van der Waals surface area contributed by atoms with Crippen LogP contribution in [0.4, 0.5) is 16.2 Å². The molecule has 13 heteroatoms. The van der Waals surface area contributed by atoms with Gasteiger partial charge < -0.3 is 14.5 Å². The Bertz CT molecular complexity index is 1680. The van der Waals surface area contributed by atoms with Crippen LogP contribution in [0.2, 0.25) is 0 Å². The number of nitrogens with zero attached hydrogens (tertiary/aromatic N) is 9. The summed E-state index contributed by atoms with van der Waals surface area (Å²) >= 11 is 0. The number of methoxy groups -OCH3 is 1. The van der Waals surface area contributed by atoms with Crippen LogP contribution in [0, 0.1) is 17.1 Å². The Hall–Kier alpha value is -5.12. The predicted molar refractivity (Wildman–Crippen MR) is 148 cm³/mol. The Balaban J connectivity index is 1.35. The summed E-state index contributed by atoms with van der Waals surface area (Å²) in [4.78, 5) is 41.9. The molecule has 12 nitrogen and oxygen atoms in total. The fourth-order valence-corrected chi connectivity index (χ4v) is 4.75. The van der Waals surface area contributed by atoms with Gasteiger partial charge >= 0.3 is 11.7 Å². The van der Waals surface area contributed by atoms with E-state index in [9.17, 15) is 14.9 Å². The number of ether oxygens (including phenoxy) is 1. The Morgan fingerprint density at radius 1 is 1.15 bits per heavy atom. The number of halogens is 1. The van der Waals surface area contributed by atoms with E-state index in [1.807, 2.05) is 12.4 Å². The largest absolute Gasteiger partial charge is 0.468 e. The summed E-state index contributed by atoms with van der Waals surface area (Å²) < 4.78 is 21.6. The lowest BCUT2D eigenvalue weighted by Crippen LogP contribution is -2.53. The maximum absolute atomic E-state index is 15.2. The van der Waals surface area contributed by atoms with E-state index in [1.54, 1.807) is 18.3 Å². The number of anilines is 2. The molecule has 0 bridgehead atoms. The molecule has 1 fully saturated rings. The van der Waals surface area contributed by atoms with Crippen molar-refractivity contribution in [1.82, 2.24) is 29.3 Å². The lowest BCUT2D eigenvalue weighted by Gasteiger charge is -2.40. The second-order valence-corrected chi connectivity index (χ2v) is 9.62. The number of carbonyl (C=O) groups is 1. The first kappa shape index (κ1) is 27.4. The third-order valence-corrected chi connectivity index (χ3v) is 7.05. The van der Waals surface area contributed by atoms with Crippen LogP contribution >= 0.6 is 0 Å². The zero-order valence-corrected chi connectivity index (χ0v) is 22.9. The second kappa shape index (κ2) is 11.5. The molecule has 0 aliphatic carbocycles. The van der Waals surface area contributed by atoms with Gasteiger partial charge in [-0.15, -0.1) is 0 Å². The summed E-state index contributed by atoms with van der Waals surface area (Å²) in [6.07, 6.45) is 7.32. The van der Waals surface area contributed by atoms with Gasteiger partial charge in [-0.25, -0.2) is 33.4 Å². The summed E-state index contributed by atoms with van der Waals surface area (Å²) in [6.45, 7) is 5.71. The number of benzene rings is 1. The van der Waals surface area contributed by atoms with Crippen molar-refractivity contribution in [2.75, 3.05) is 36.5 Å². The highest BCUT2D eigenvalue weighted by Crippen LogP contribution is 2.29. The van der Waals surface area contributed by atoms with Gasteiger partial charge in [0.15, 0.2) is 0 Å². The second-order valence-electron chi connectivity index (χ2n) is 9.62. The van der Waals surface area contributed by atoms with Crippen molar-refractivity contribution in [3.63, 3.8) is 0 Å². The maximum Gasteiger partial charge on any atom is 0.351 e. The molecule has 210 valence electrons. The van der Waals surface area contributed by atoms with E-state index in [4.69, 9.17) is 0 Å². The summed E-state index contributed by atoms with van der Waals surface area (Å²) in [5.74, 6) is -0.0819. The van der Waals surface area contributed by atoms with Crippen molar-refractivity contribution in [3.05, 3.63) is 76.6 Å². The molecule has 4 heterocycles. The zero-order chi connectivity index (χ0) is 29.1. The fourth-order valence-electron chi connectivity index (χ4n) is 4.75. The van der Waals surface area contributed by atoms with E-state index in [0.717, 1.165) is 27.6 Å². The normalized spacial score (nSPS) is 15.0. The Morgan fingerprint density at radius 2 is 1.93 bits per heavy atom. The Kier molecular flexibility index (Phi) is 7.73. The number of hydrogen-bond acceptors (Lipinski definition) is 10. The molecule has 0 saturated carbocycles. The summed E-state index contributed by atoms with van der Waals surface area (Å²) in [5, 5.41) is 13.8. The third-order valence-electron chi connectivity index (χ3n) is 7.05. The average molecular weight is 558 g/mol. The molecule has 3 aromatic heterocycles. The van der Waals surface area contributed by atoms with Gasteiger partial charge in [0.05, 0.1) is 18.4 Å². The van der Waals surface area contributed by atoms with Crippen molar-refractivity contribution in [3.8, 4) is 22.9 Å². The van der Waals surface area contributed by atoms with Crippen molar-refractivity contribution >= 4 is 17.7 Å². The number of rotatable bonds is 7. The number of pyridine rings is 1. The quantitative estimate of drug-likeness (QED) is 0.312. The van der Waals surface area contributed by atoms with E-state index in [1.165, 1.54) is 19.2 Å². The van der Waals surface area contributed by atoms with E-state index in [-0.39, 0.29) is 18.3 Å². The van der Waals surface area contributed by atoms with Crippen LogP contribution in [0.15, 0.2) is 54.0 Å². The predicted octanol–water partition coefficient (Wildman–Crippen LogP) is 2.35. The molecule has 1 aromatic carbocycles. The monoisotopic (exact) mass is 557 g/mol. The van der Waals surface area contributed by atoms with Gasteiger partial charge in [-0.2, -0.15) is 10.4 Å². The number of esters is 1. The molecule has 1 unspecified atom stereocenters. The van der Waals surface area contributed by atoms with Gasteiger partial charge in [-0.3, -0.25) is 4.79 Å². The van der Waals surface area contributed by atoms with Crippen molar-refractivity contribution < 1.29 is 13.9 Å². The summed E-state index contributed by atoms with van der Waals surface area (Å²) in [6, 6.07) is 8.29. The number of carbonyl (C=O) groups excluding carboxylic acids is 1. The molecule has 4 aromatic rings. The van der Waals surface area contributed by atoms with Gasteiger partial charge in [-0.05, 0) is 42.7 Å². The molecule has 0 radical (unpaired) electrons. The third kappa shape index (κ3) is 5.49. The minimum atomic E-state index is -0.682. The first-order chi connectivity index (χ1) is 19.8. The molecule has 1 saturated heterocycles. The van der Waals surface area contributed by atoms with Gasteiger partial charge in [0.25, 0.3) is 0 Å². The highest BCUT2D eigenvalue weighted by Gasteiger charge is 2.28. The lowest BCUT2D eigenvalue weighted by atomic mass is 10.0. The van der Waals surface area contributed by atoms with Crippen LogP contribution in [0.25, 0.3) is 16.8 Å². The minimum absolute atomic E-state index is 0.0278. The minimum Gasteiger partial charge on any atom is -0.468 e. The van der Waals surface area contributed by atoms with Crippen LogP contribution in [-0.4, -0.2) is 68.1 Å². The summed E-state index contributed by atoms with van der Waals surface area (Å²) in [7, 11) is 1.20. The summed E-state index contributed by atoms with van der Waals surface area (Å²) in [5.41, 5.74) is 1.79. The first-order valence-corrected chi connectivity index (χ1v) is 13.1. The molecule has 41 heavy (non-hydrogen) atoms. The standard InChI is InChI=1S/C28H28FN9O3/c1-4-19-12-32-27(33-13-19)35-7-8-36(18(2)15-35)26-21(11-30)9-22(14-31-26)20-5-6-24(23(29)10-20)37-17-34-38(28(37)40)16-25(39)41-3/h5-6,9-10,12-14,17-18H,4,7-8,15-16H2,1-3H3. The lowest BCUT2D eigenvalue weighted by molar-refractivity contribution is -0.141. The van der Waals surface area contributed by atoms with Crippen molar-refractivity contribution in [2.45, 2.75) is 32.9 Å². The number of nitriles is 1. The van der Waals surface area contributed by atoms with Crippen LogP contribution < -0.4 is 15.5 Å². The molecule has 5 rings (SSSR count). The SMILES string of the molecule is CCc1cnc(N2CCN(c3ncc(-c4ccc(-n5cnn(CC(=O)OC)c5=O)c(F)c4)cc3C#N)C(C)C2)nc1. The van der Waals surface area contributed by atoms with Crippen LogP contribution in [0.1, 0.15) is 25.0 Å². The molecule has 1 atom stereocenters. The molecule has 1 aliphatic heterocycles. The molecule has 0 spiro atoms. The molecule has 0 N–H and O–H groups in total. The molecule has 0 amide bonds. The van der Waals surface area contributed by atoms with E-state index in [2.05, 4.69) is 54.5 Å². The van der Waals surface area contributed by atoms with Gasteiger partial charge in [-0.1, -0.05) is 13.0 Å². The van der Waals surface area contributed by atoms with Gasteiger partial charge in [0.2, 0.25) is 5.95 Å².